The predicted molar refractivity (Wildman–Crippen MR) is 79.2 cm³/mol. The maximum Gasteiger partial charge on any atom is 0.276 e. The minimum absolute atomic E-state index is 0.0673. The third-order valence-electron chi connectivity index (χ3n) is 4.12. The van der Waals surface area contributed by atoms with Gasteiger partial charge in [-0.2, -0.15) is 0 Å². The Hall–Kier alpha value is -1.40. The maximum atomic E-state index is 12.4. The van der Waals surface area contributed by atoms with Crippen molar-refractivity contribution in [3.8, 4) is 0 Å². The van der Waals surface area contributed by atoms with Crippen molar-refractivity contribution < 1.29 is 14.4 Å². The number of aliphatic hydroxyl groups excluding tert-OH is 1. The topological polar surface area (TPSA) is 69.8 Å². The summed E-state index contributed by atoms with van der Waals surface area (Å²) in [5.74, 6) is 0.899. The van der Waals surface area contributed by atoms with Gasteiger partial charge in [0.2, 0.25) is 0 Å². The van der Waals surface area contributed by atoms with Gasteiger partial charge < -0.3 is 14.5 Å². The fourth-order valence-corrected chi connectivity index (χ4v) is 2.62. The lowest BCUT2D eigenvalue weighted by Crippen LogP contribution is -2.52. The molecule has 21 heavy (non-hydrogen) atoms. The van der Waals surface area contributed by atoms with Gasteiger partial charge in [0.05, 0.1) is 6.61 Å². The van der Waals surface area contributed by atoms with Crippen LogP contribution in [0, 0.1) is 0 Å². The van der Waals surface area contributed by atoms with Gasteiger partial charge in [0.1, 0.15) is 5.76 Å². The number of piperazine rings is 1. The van der Waals surface area contributed by atoms with E-state index in [2.05, 4.69) is 17.0 Å². The van der Waals surface area contributed by atoms with Crippen molar-refractivity contribution in [2.24, 2.45) is 0 Å². The van der Waals surface area contributed by atoms with Gasteiger partial charge in [0, 0.05) is 44.2 Å². The lowest BCUT2D eigenvalue weighted by atomic mass is 10.1. The molecule has 1 aromatic rings. The Morgan fingerprint density at radius 3 is 2.52 bits per heavy atom. The third-order valence-corrected chi connectivity index (χ3v) is 4.12. The summed E-state index contributed by atoms with van der Waals surface area (Å²) in [4.78, 5) is 16.4. The van der Waals surface area contributed by atoms with Crippen LogP contribution in [0.25, 0.3) is 0 Å². The van der Waals surface area contributed by atoms with E-state index in [1.54, 1.807) is 6.07 Å². The Morgan fingerprint density at radius 1 is 1.38 bits per heavy atom. The molecule has 1 unspecified atom stereocenters. The van der Waals surface area contributed by atoms with E-state index in [0.29, 0.717) is 18.8 Å². The summed E-state index contributed by atoms with van der Waals surface area (Å²) >= 11 is 0. The highest BCUT2D eigenvalue weighted by atomic mass is 16.5. The summed E-state index contributed by atoms with van der Waals surface area (Å²) in [6.45, 7) is 9.17. The van der Waals surface area contributed by atoms with Crippen molar-refractivity contribution in [1.82, 2.24) is 15.0 Å². The molecule has 1 aliphatic rings. The zero-order chi connectivity index (χ0) is 15.4. The number of rotatable bonds is 5. The van der Waals surface area contributed by atoms with Gasteiger partial charge in [-0.3, -0.25) is 9.69 Å². The zero-order valence-corrected chi connectivity index (χ0v) is 13.1. The fraction of sp³-hybridized carbons (Fsp3) is 0.733. The number of carbonyl (C=O) groups excluding carboxylic acids is 1. The van der Waals surface area contributed by atoms with Crippen LogP contribution in [0.4, 0.5) is 0 Å². The van der Waals surface area contributed by atoms with Crippen LogP contribution in [0.15, 0.2) is 10.6 Å². The lowest BCUT2D eigenvalue weighted by molar-refractivity contribution is 0.0465. The molecule has 0 radical (unpaired) electrons. The molecule has 6 heteroatoms. The highest BCUT2D eigenvalue weighted by Crippen LogP contribution is 2.17. The Kier molecular flexibility index (Phi) is 5.36. The van der Waals surface area contributed by atoms with Crippen LogP contribution in [-0.2, 0) is 0 Å². The number of nitrogens with zero attached hydrogens (tertiary/aromatic N) is 3. The second kappa shape index (κ2) is 7.04. The molecule has 1 aromatic heterocycles. The minimum atomic E-state index is -0.0673. The first-order valence-electron chi connectivity index (χ1n) is 7.67. The number of carbonyl (C=O) groups is 1. The molecule has 1 saturated heterocycles. The monoisotopic (exact) mass is 295 g/mol. The molecule has 0 aromatic carbocycles. The first-order chi connectivity index (χ1) is 10.1. The molecule has 2 rings (SSSR count). The van der Waals surface area contributed by atoms with Crippen molar-refractivity contribution in [3.63, 3.8) is 0 Å². The van der Waals surface area contributed by atoms with Crippen LogP contribution in [0.5, 0.6) is 0 Å². The van der Waals surface area contributed by atoms with Gasteiger partial charge in [0.25, 0.3) is 5.91 Å². The summed E-state index contributed by atoms with van der Waals surface area (Å²) < 4.78 is 5.19. The average Bonchev–Trinajstić information content (AvgIpc) is 2.98. The molecule has 2 heterocycles. The summed E-state index contributed by atoms with van der Waals surface area (Å²) in [5.41, 5.74) is 0.390. The standard InChI is InChI=1S/C15H25N3O3/c1-4-12(10-19)17-5-7-18(8-6-17)15(20)13-9-14(11(2)3)21-16-13/h9,11-12,19H,4-8,10H2,1-3H3. The van der Waals surface area contributed by atoms with Gasteiger partial charge in [-0.1, -0.05) is 25.9 Å². The molecular formula is C15H25N3O3. The first-order valence-corrected chi connectivity index (χ1v) is 7.67. The van der Waals surface area contributed by atoms with Crippen LogP contribution < -0.4 is 0 Å². The van der Waals surface area contributed by atoms with Gasteiger partial charge in [0.15, 0.2) is 5.69 Å². The molecule has 1 aliphatic heterocycles. The van der Waals surface area contributed by atoms with E-state index in [9.17, 15) is 9.90 Å². The van der Waals surface area contributed by atoms with Crippen LogP contribution >= 0.6 is 0 Å². The van der Waals surface area contributed by atoms with Crippen molar-refractivity contribution in [2.45, 2.75) is 39.2 Å². The fourth-order valence-electron chi connectivity index (χ4n) is 2.62. The Balaban J connectivity index is 1.93. The number of aliphatic hydroxyl groups is 1. The van der Waals surface area contributed by atoms with Gasteiger partial charge in [-0.05, 0) is 6.42 Å². The SMILES string of the molecule is CCC(CO)N1CCN(C(=O)c2cc(C(C)C)on2)CC1. The molecule has 1 N–H and O–H groups in total. The minimum Gasteiger partial charge on any atom is -0.395 e. The van der Waals surface area contributed by atoms with Crippen molar-refractivity contribution in [2.75, 3.05) is 32.8 Å². The van der Waals surface area contributed by atoms with E-state index >= 15 is 0 Å². The summed E-state index contributed by atoms with van der Waals surface area (Å²) in [7, 11) is 0. The Morgan fingerprint density at radius 2 is 2.05 bits per heavy atom. The molecule has 118 valence electrons. The molecule has 0 aliphatic carbocycles. The lowest BCUT2D eigenvalue weighted by Gasteiger charge is -2.38. The summed E-state index contributed by atoms with van der Waals surface area (Å²) in [6.07, 6.45) is 0.922. The van der Waals surface area contributed by atoms with E-state index in [1.165, 1.54) is 0 Å². The molecule has 0 bridgehead atoms. The smallest absolute Gasteiger partial charge is 0.276 e. The van der Waals surface area contributed by atoms with Crippen LogP contribution in [0.3, 0.4) is 0 Å². The van der Waals surface area contributed by atoms with Gasteiger partial charge in [-0.25, -0.2) is 0 Å². The second-order valence-electron chi connectivity index (χ2n) is 5.84. The van der Waals surface area contributed by atoms with E-state index < -0.39 is 0 Å². The van der Waals surface area contributed by atoms with Crippen LogP contribution in [-0.4, -0.2) is 64.8 Å². The molecule has 0 spiro atoms. The van der Waals surface area contributed by atoms with Crippen molar-refractivity contribution in [1.29, 1.82) is 0 Å². The van der Waals surface area contributed by atoms with E-state index in [-0.39, 0.29) is 24.5 Å². The van der Waals surface area contributed by atoms with Crippen LogP contribution in [0.2, 0.25) is 0 Å². The largest absolute Gasteiger partial charge is 0.395 e. The quantitative estimate of drug-likeness (QED) is 0.887. The Bertz CT molecular complexity index is 460. The van der Waals surface area contributed by atoms with Gasteiger partial charge in [-0.15, -0.1) is 0 Å². The van der Waals surface area contributed by atoms with Crippen molar-refractivity contribution >= 4 is 5.91 Å². The van der Waals surface area contributed by atoms with E-state index in [1.807, 2.05) is 18.7 Å². The Labute approximate surface area is 125 Å². The number of aromatic nitrogens is 1. The number of hydrogen-bond acceptors (Lipinski definition) is 5. The third kappa shape index (κ3) is 3.63. The highest BCUT2D eigenvalue weighted by molar-refractivity contribution is 5.92. The second-order valence-corrected chi connectivity index (χ2v) is 5.84. The maximum absolute atomic E-state index is 12.4. The summed E-state index contributed by atoms with van der Waals surface area (Å²) in [5, 5.41) is 13.2. The molecule has 0 saturated carbocycles. The molecule has 1 fully saturated rings. The van der Waals surface area contributed by atoms with Crippen LogP contribution in [0.1, 0.15) is 49.4 Å². The molecular weight excluding hydrogens is 270 g/mol. The van der Waals surface area contributed by atoms with E-state index in [0.717, 1.165) is 25.3 Å². The molecule has 1 atom stereocenters. The first kappa shape index (κ1) is 16.0. The normalized spacial score (nSPS) is 18.2. The highest BCUT2D eigenvalue weighted by Gasteiger charge is 2.27. The zero-order valence-electron chi connectivity index (χ0n) is 13.1. The van der Waals surface area contributed by atoms with Crippen molar-refractivity contribution in [3.05, 3.63) is 17.5 Å². The number of amides is 1. The number of hydrogen-bond donors (Lipinski definition) is 1. The predicted octanol–water partition coefficient (Wildman–Crippen LogP) is 1.33. The van der Waals surface area contributed by atoms with E-state index in [4.69, 9.17) is 4.52 Å². The molecule has 1 amide bonds. The summed E-state index contributed by atoms with van der Waals surface area (Å²) in [6, 6.07) is 1.93. The molecule has 6 nitrogen and oxygen atoms in total. The average molecular weight is 295 g/mol. The van der Waals surface area contributed by atoms with Gasteiger partial charge >= 0.3 is 0 Å².